The lowest BCUT2D eigenvalue weighted by molar-refractivity contribution is -0.399. The molecular formula is C60H109N23O32. The average Bonchev–Trinajstić information content (AvgIpc) is 0.769. The van der Waals surface area contributed by atoms with Crippen molar-refractivity contribution in [3.63, 3.8) is 0 Å². The van der Waals surface area contributed by atoms with E-state index in [1.807, 2.05) is 0 Å². The molecule has 0 aliphatic carbocycles. The highest BCUT2D eigenvalue weighted by Gasteiger charge is 2.61. The molecule has 30 heterocycles. The molecule has 0 radical (unpaired) electrons. The first-order valence-electron chi connectivity index (χ1n) is 35.9. The van der Waals surface area contributed by atoms with E-state index in [0.717, 1.165) is 0 Å². The highest BCUT2D eigenvalue weighted by molar-refractivity contribution is 5.78. The fourth-order valence-corrected chi connectivity index (χ4v) is 14.0. The summed E-state index contributed by atoms with van der Waals surface area (Å²) in [7, 11) is 0. The first-order valence-corrected chi connectivity index (χ1v) is 35.9. The molecule has 0 saturated carbocycles. The summed E-state index contributed by atoms with van der Waals surface area (Å²) in [5, 5.41) is 189. The fourth-order valence-electron chi connectivity index (χ4n) is 14.0. The normalized spacial score (nSPS) is 44.5. The third-order valence-corrected chi connectivity index (χ3v) is 19.7. The van der Waals surface area contributed by atoms with Gasteiger partial charge in [0.1, 0.15) is 189 Å². The van der Waals surface area contributed by atoms with E-state index in [0.29, 0.717) is 0 Å². The number of guanidine groups is 7. The molecule has 115 heavy (non-hydrogen) atoms. The molecule has 0 spiro atoms. The molecule has 46 N–H and O–H groups in total. The zero-order valence-corrected chi connectivity index (χ0v) is 61.4. The second kappa shape index (κ2) is 40.5. The Hall–Kier alpha value is -7.18. The smallest absolute Gasteiger partial charge is 0.187 e. The van der Waals surface area contributed by atoms with E-state index in [-0.39, 0.29) is 12.8 Å². The first kappa shape index (κ1) is 91.7. The van der Waals surface area contributed by atoms with Gasteiger partial charge in [-0.25, -0.2) is 0 Å². The van der Waals surface area contributed by atoms with Crippen molar-refractivity contribution in [3.05, 3.63) is 12.7 Å². The minimum Gasteiger partial charge on any atom is -0.388 e. The second-order valence-corrected chi connectivity index (χ2v) is 28.0. The number of hydrogen-bond acceptors (Lipinski definition) is 40. The summed E-state index contributed by atoms with van der Waals surface area (Å²) in [5.74, 6) is -4.43. The summed E-state index contributed by atoms with van der Waals surface area (Å²) < 4.78 is 105. The van der Waals surface area contributed by atoms with Gasteiger partial charge < -0.3 is 243 Å². The van der Waals surface area contributed by atoms with Gasteiger partial charge in [0.2, 0.25) is 0 Å². The fraction of sp³-hybridized carbons (Fsp3) is 0.833. The maximum atomic E-state index is 12.5. The van der Waals surface area contributed by atoms with Gasteiger partial charge in [0.05, 0.1) is 64.4 Å². The molecule has 16 bridgehead atoms. The molecule has 0 aromatic heterocycles. The van der Waals surface area contributed by atoms with Gasteiger partial charge in [0.15, 0.2) is 92.0 Å². The second-order valence-electron chi connectivity index (χ2n) is 28.0. The van der Waals surface area contributed by atoms with Crippen LogP contribution in [-0.2, 0) is 80.5 Å². The third kappa shape index (κ3) is 22.4. The Morgan fingerprint density at radius 3 is 0.626 bits per heavy atom. The Morgan fingerprint density at radius 2 is 0.435 bits per heavy atom. The van der Waals surface area contributed by atoms with Crippen LogP contribution in [0.15, 0.2) is 47.6 Å². The minimum atomic E-state index is -2.30. The van der Waals surface area contributed by atoms with Crippen LogP contribution in [0.4, 0.5) is 0 Å². The number of hydrogen-bond donors (Lipinski definition) is 31. The van der Waals surface area contributed by atoms with Crippen molar-refractivity contribution in [2.75, 3.05) is 52.4 Å². The van der Waals surface area contributed by atoms with Crippen molar-refractivity contribution >= 4 is 47.6 Å². The van der Waals surface area contributed by atoms with E-state index in [9.17, 15) is 76.6 Å². The number of amidine groups is 1. The number of nitrogens with one attached hydrogen (secondary N) is 1. The van der Waals surface area contributed by atoms with Gasteiger partial charge in [0, 0.05) is 6.42 Å². The number of nitrogens with two attached hydrogens (primary N) is 15. The molecule has 30 rings (SSSR count). The van der Waals surface area contributed by atoms with E-state index in [1.54, 1.807) is 0 Å². The van der Waals surface area contributed by atoms with Gasteiger partial charge in [0.25, 0.3) is 0 Å². The Bertz CT molecular complexity index is 3370. The third-order valence-electron chi connectivity index (χ3n) is 19.7. The van der Waals surface area contributed by atoms with E-state index in [4.69, 9.17) is 172 Å². The topological polar surface area (TPSA) is 961 Å². The summed E-state index contributed by atoms with van der Waals surface area (Å²) >= 11 is 0. The van der Waals surface area contributed by atoms with Gasteiger partial charge >= 0.3 is 0 Å². The molecule has 30 saturated heterocycles. The highest BCUT2D eigenvalue weighted by atomic mass is 16.8. The predicted molar refractivity (Wildman–Crippen MR) is 384 cm³/mol. The van der Waals surface area contributed by atoms with Gasteiger partial charge in [-0.2, -0.15) is 0 Å². The lowest BCUT2D eigenvalue weighted by Crippen LogP contribution is -2.69. The van der Waals surface area contributed by atoms with Crippen LogP contribution in [0.25, 0.3) is 0 Å². The molecule has 0 amide bonds. The van der Waals surface area contributed by atoms with E-state index < -0.39 is 346 Å². The van der Waals surface area contributed by atoms with Crippen molar-refractivity contribution in [2.45, 2.75) is 258 Å². The number of nitrogens with zero attached hydrogens (tertiary/aromatic N) is 7. The quantitative estimate of drug-likeness (QED) is 0.0306. The summed E-state index contributed by atoms with van der Waals surface area (Å²) in [6.45, 7) is -1.46. The molecule has 30 fully saturated rings. The van der Waals surface area contributed by atoms with Gasteiger partial charge in [-0.1, -0.05) is 6.08 Å². The monoisotopic (exact) mass is 1660 g/mol. The van der Waals surface area contributed by atoms with Crippen molar-refractivity contribution in [2.24, 2.45) is 121 Å². The van der Waals surface area contributed by atoms with Crippen LogP contribution in [0.2, 0.25) is 0 Å². The van der Waals surface area contributed by atoms with Crippen LogP contribution < -0.4 is 86.0 Å². The number of aliphatic imine (C=N–C) groups is 7. The lowest BCUT2D eigenvalue weighted by Gasteiger charge is -2.51. The molecular weight excluding hydrogens is 1550 g/mol. The van der Waals surface area contributed by atoms with Crippen LogP contribution in [0.3, 0.4) is 0 Å². The molecule has 55 heteroatoms. The summed E-state index contributed by atoms with van der Waals surface area (Å²) in [6.07, 6.45) is -80.5. The van der Waals surface area contributed by atoms with E-state index in [1.165, 1.54) is 6.08 Å². The standard InChI is InChI=1S/C60H109N23O32/c1-2-5-99-45-36(98)44-20(12-83-60(75)76)107-53(45)115-43-19(11-82-59(73)74)106-52(35(97)28(43)90)113-42-18(10-81-58(71)72)105-51(34(96)27(42)89)112-41-17(9-80-57(69)70)104-50(33(95)26(41)88)111-40-16(8-79-56(67)68)103-49(32(94)25(40)87)110-39-15(7-78-55(65)66)102-48(31(93)24(39)86)109-38-14(6-77-54(63)64)101-47(30(92)23(38)85)108-37-13(3-4-21(61)62)100-46(114-44)29(91)22(37)84/h2,13-20,22-53,84-98H,1,3-12H2,(H3,61,62)(H4,63,64,77)(H4,65,66,78)(H4,67,68,79)(H4,69,70,80)(H4,71,72,81)(H4,73,74,82)(H4,75,76,83). The van der Waals surface area contributed by atoms with E-state index >= 15 is 0 Å². The van der Waals surface area contributed by atoms with Crippen LogP contribution in [0.5, 0.6) is 0 Å². The SMILES string of the molecule is C=CCOC1C2OC(CN=C(N)N)C(OC3OC(CCC(=N)N)C(OC4OC(CN=C(N)N)C(OC5OC(CN=C(N)N)C(OC6OC(CN=C(N)N)C(OC7OC(CN=C(N)N)C(OC8OC(CN=C(N)N)C(OC9OC(CN=C(N)N)C(O2)C(O)C9O)C(O)C8O)C(O)C7O)C(O)C6O)C(O)C5O)C(O)C4O)C(O)C3O)C1O. The largest absolute Gasteiger partial charge is 0.388 e. The maximum absolute atomic E-state index is 12.5. The molecule has 55 nitrogen and oxygen atoms in total. The zero-order valence-electron chi connectivity index (χ0n) is 61.4. The molecule has 40 unspecified atom stereocenters. The highest BCUT2D eigenvalue weighted by Crippen LogP contribution is 2.41. The summed E-state index contributed by atoms with van der Waals surface area (Å²) in [4.78, 5) is 27.9. The van der Waals surface area contributed by atoms with Crippen LogP contribution in [0.1, 0.15) is 12.8 Å². The molecule has 30 aliphatic heterocycles. The average molecular weight is 1660 g/mol. The summed E-state index contributed by atoms with van der Waals surface area (Å²) in [5.41, 5.74) is 86.3. The van der Waals surface area contributed by atoms with Gasteiger partial charge in [-0.3, -0.25) is 40.4 Å². The van der Waals surface area contributed by atoms with Crippen molar-refractivity contribution in [1.29, 1.82) is 5.41 Å². The molecule has 0 aromatic rings. The Morgan fingerprint density at radius 1 is 0.261 bits per heavy atom. The Kier molecular flexibility index (Phi) is 32.3. The van der Waals surface area contributed by atoms with Crippen LogP contribution in [0, 0.1) is 5.41 Å². The maximum Gasteiger partial charge on any atom is 0.187 e. The van der Waals surface area contributed by atoms with E-state index in [2.05, 4.69) is 41.5 Å². The van der Waals surface area contributed by atoms with Gasteiger partial charge in [-0.15, -0.1) is 6.58 Å². The summed E-state index contributed by atoms with van der Waals surface area (Å²) in [6, 6.07) is 0. The molecule has 0 aromatic carbocycles. The van der Waals surface area contributed by atoms with Crippen LogP contribution in [-0.4, -0.2) is 422 Å². The van der Waals surface area contributed by atoms with Crippen molar-refractivity contribution in [3.8, 4) is 0 Å². The molecule has 30 aliphatic rings. The molecule has 40 atom stereocenters. The minimum absolute atomic E-state index is 0.326. The Balaban J connectivity index is 1.11. The Labute approximate surface area is 652 Å². The van der Waals surface area contributed by atoms with Crippen LogP contribution >= 0.6 is 0 Å². The van der Waals surface area contributed by atoms with Crippen molar-refractivity contribution < 1.29 is 157 Å². The van der Waals surface area contributed by atoms with Gasteiger partial charge in [-0.05, 0) is 6.42 Å². The predicted octanol–water partition coefficient (Wildman–Crippen LogP) is -20.5. The lowest BCUT2D eigenvalue weighted by atomic mass is 9.93. The number of ether oxygens (including phenoxy) is 17. The first-order chi connectivity index (χ1) is 54.3. The zero-order chi connectivity index (χ0) is 84.5. The number of rotatable bonds is 20. The number of aliphatic hydroxyl groups excluding tert-OH is 15. The molecule has 656 valence electrons. The van der Waals surface area contributed by atoms with Crippen molar-refractivity contribution in [1.82, 2.24) is 0 Å². The number of aliphatic hydroxyl groups is 15.